The molecule has 2 rings (SSSR count). The topological polar surface area (TPSA) is 60.9 Å². The minimum absolute atomic E-state index is 0.0300. The lowest BCUT2D eigenvalue weighted by atomic mass is 9.96. The quantitative estimate of drug-likeness (QED) is 0.845. The lowest BCUT2D eigenvalue weighted by molar-refractivity contribution is -0.138. The molecule has 0 aliphatic rings. The summed E-state index contributed by atoms with van der Waals surface area (Å²) >= 11 is 5.57. The molecule has 0 bridgehead atoms. The number of aromatic nitrogens is 3. The summed E-state index contributed by atoms with van der Waals surface area (Å²) in [5.41, 5.74) is -2.16. The van der Waals surface area contributed by atoms with Gasteiger partial charge >= 0.3 is 6.18 Å². The van der Waals surface area contributed by atoms with Crippen molar-refractivity contribution in [2.75, 3.05) is 0 Å². The molecule has 0 fully saturated rings. The highest BCUT2D eigenvalue weighted by molar-refractivity contribution is 6.30. The maximum atomic E-state index is 12.8. The Bertz CT molecular complexity index is 744. The summed E-state index contributed by atoms with van der Waals surface area (Å²) in [4.78, 5) is 15.9. The number of halogens is 4. The van der Waals surface area contributed by atoms with Crippen LogP contribution in [0.25, 0.3) is 0 Å². The first-order chi connectivity index (χ1) is 9.98. The normalized spacial score (nSPS) is 12.7. The molecule has 0 saturated carbocycles. The average molecular weight is 336 g/mol. The van der Waals surface area contributed by atoms with Crippen LogP contribution in [-0.4, -0.2) is 14.7 Å². The van der Waals surface area contributed by atoms with Crippen molar-refractivity contribution in [1.29, 1.82) is 0 Å². The Hall–Kier alpha value is -1.83. The predicted octanol–water partition coefficient (Wildman–Crippen LogP) is 3.25. The minimum atomic E-state index is -4.61. The number of nitrogens with zero attached hydrogens (tertiary/aromatic N) is 3. The van der Waals surface area contributed by atoms with E-state index in [1.54, 1.807) is 0 Å². The zero-order chi connectivity index (χ0) is 16.7. The van der Waals surface area contributed by atoms with E-state index in [1.165, 1.54) is 0 Å². The van der Waals surface area contributed by atoms with E-state index >= 15 is 0 Å². The van der Waals surface area contributed by atoms with Gasteiger partial charge in [-0.15, -0.1) is 0 Å². The van der Waals surface area contributed by atoms with Crippen molar-refractivity contribution in [3.05, 3.63) is 44.9 Å². The van der Waals surface area contributed by atoms with Crippen LogP contribution >= 0.6 is 11.6 Å². The van der Waals surface area contributed by atoms with Gasteiger partial charge in [-0.2, -0.15) is 18.2 Å². The Morgan fingerprint density at radius 2 is 1.95 bits per heavy atom. The van der Waals surface area contributed by atoms with Gasteiger partial charge in [0.1, 0.15) is 11.6 Å². The SMILES string of the molecule is CC(C)(C)c1noc(Cn2cc(C(F)(F)F)cc(Cl)c2=O)n1. The highest BCUT2D eigenvalue weighted by Crippen LogP contribution is 2.29. The van der Waals surface area contributed by atoms with Crippen molar-refractivity contribution in [1.82, 2.24) is 14.7 Å². The highest BCUT2D eigenvalue weighted by atomic mass is 35.5. The summed E-state index contributed by atoms with van der Waals surface area (Å²) < 4.78 is 44.0. The van der Waals surface area contributed by atoms with E-state index in [4.69, 9.17) is 16.1 Å². The van der Waals surface area contributed by atoms with Crippen LogP contribution in [0.2, 0.25) is 5.02 Å². The van der Waals surface area contributed by atoms with Crippen molar-refractivity contribution in [2.24, 2.45) is 0 Å². The molecule has 120 valence electrons. The molecule has 5 nitrogen and oxygen atoms in total. The van der Waals surface area contributed by atoms with Gasteiger partial charge in [-0.3, -0.25) is 4.79 Å². The monoisotopic (exact) mass is 335 g/mol. The van der Waals surface area contributed by atoms with Gasteiger partial charge in [0, 0.05) is 11.6 Å². The molecule has 22 heavy (non-hydrogen) atoms. The Morgan fingerprint density at radius 1 is 1.32 bits per heavy atom. The van der Waals surface area contributed by atoms with Crippen LogP contribution in [0, 0.1) is 0 Å². The van der Waals surface area contributed by atoms with Crippen LogP contribution in [-0.2, 0) is 18.1 Å². The highest BCUT2D eigenvalue weighted by Gasteiger charge is 2.32. The van der Waals surface area contributed by atoms with Crippen LogP contribution in [0.4, 0.5) is 13.2 Å². The molecule has 2 aromatic rings. The first-order valence-electron chi connectivity index (χ1n) is 6.29. The lowest BCUT2D eigenvalue weighted by Crippen LogP contribution is -2.23. The summed E-state index contributed by atoms with van der Waals surface area (Å²) in [6.45, 7) is 5.28. The zero-order valence-corrected chi connectivity index (χ0v) is 12.8. The smallest absolute Gasteiger partial charge is 0.337 e. The second kappa shape index (κ2) is 5.42. The molecule has 2 heterocycles. The van der Waals surface area contributed by atoms with Gasteiger partial charge in [0.05, 0.1) is 5.56 Å². The molecule has 0 aliphatic carbocycles. The van der Waals surface area contributed by atoms with E-state index in [-0.39, 0.29) is 17.9 Å². The summed E-state index contributed by atoms with van der Waals surface area (Å²) in [5.74, 6) is 0.427. The Balaban J connectivity index is 2.39. The number of rotatable bonds is 2. The standard InChI is InChI=1S/C13H13ClF3N3O2/c1-12(2,3)11-18-9(22-19-11)6-20-5-7(13(15,16)17)4-8(14)10(20)21/h4-5H,6H2,1-3H3. The van der Waals surface area contributed by atoms with Crippen molar-refractivity contribution in [2.45, 2.75) is 38.9 Å². The van der Waals surface area contributed by atoms with E-state index in [2.05, 4.69) is 10.1 Å². The van der Waals surface area contributed by atoms with Crippen LogP contribution in [0.15, 0.2) is 21.6 Å². The maximum absolute atomic E-state index is 12.8. The number of pyridine rings is 1. The Kier molecular flexibility index (Phi) is 4.08. The minimum Gasteiger partial charge on any atom is -0.337 e. The zero-order valence-electron chi connectivity index (χ0n) is 12.0. The van der Waals surface area contributed by atoms with Crippen LogP contribution in [0.3, 0.4) is 0 Å². The van der Waals surface area contributed by atoms with Crippen LogP contribution in [0.1, 0.15) is 38.0 Å². The van der Waals surface area contributed by atoms with E-state index in [0.717, 1.165) is 4.57 Å². The molecule has 0 aromatic carbocycles. The van der Waals surface area contributed by atoms with Gasteiger partial charge in [0.2, 0.25) is 5.89 Å². The Morgan fingerprint density at radius 3 is 2.45 bits per heavy atom. The predicted molar refractivity (Wildman–Crippen MR) is 72.8 cm³/mol. The Labute approximate surface area is 128 Å². The molecule has 0 spiro atoms. The fourth-order valence-electron chi connectivity index (χ4n) is 1.64. The molecule has 0 atom stereocenters. The molecular formula is C13H13ClF3N3O2. The molecular weight excluding hydrogens is 323 g/mol. The molecule has 9 heteroatoms. The third-order valence-electron chi connectivity index (χ3n) is 2.81. The molecule has 0 unspecified atom stereocenters. The number of hydrogen-bond donors (Lipinski definition) is 0. The second-order valence-corrected chi connectivity index (χ2v) is 6.18. The van der Waals surface area contributed by atoms with Crippen molar-refractivity contribution < 1.29 is 17.7 Å². The van der Waals surface area contributed by atoms with Crippen LogP contribution < -0.4 is 5.56 Å². The molecule has 2 aromatic heterocycles. The summed E-state index contributed by atoms with van der Waals surface area (Å²) in [5, 5.41) is 3.23. The second-order valence-electron chi connectivity index (χ2n) is 5.77. The van der Waals surface area contributed by atoms with Crippen molar-refractivity contribution in [3.63, 3.8) is 0 Å². The average Bonchev–Trinajstić information content (AvgIpc) is 2.81. The van der Waals surface area contributed by atoms with Gasteiger partial charge in [0.15, 0.2) is 5.82 Å². The summed E-state index contributed by atoms with van der Waals surface area (Å²) in [6, 6.07) is 0.592. The fourth-order valence-corrected chi connectivity index (χ4v) is 1.87. The first-order valence-corrected chi connectivity index (χ1v) is 6.66. The lowest BCUT2D eigenvalue weighted by Gasteiger charge is -2.11. The molecule has 0 amide bonds. The van der Waals surface area contributed by atoms with Crippen LogP contribution in [0.5, 0.6) is 0 Å². The molecule has 0 aliphatic heterocycles. The van der Waals surface area contributed by atoms with Gasteiger partial charge in [-0.25, -0.2) is 0 Å². The van der Waals surface area contributed by atoms with Crippen molar-refractivity contribution in [3.8, 4) is 0 Å². The largest absolute Gasteiger partial charge is 0.417 e. The third kappa shape index (κ3) is 3.49. The van der Waals surface area contributed by atoms with E-state index in [1.807, 2.05) is 20.8 Å². The fraction of sp³-hybridized carbons (Fsp3) is 0.462. The van der Waals surface area contributed by atoms with Gasteiger partial charge < -0.3 is 9.09 Å². The first kappa shape index (κ1) is 16.5. The maximum Gasteiger partial charge on any atom is 0.417 e. The molecule has 0 N–H and O–H groups in total. The van der Waals surface area contributed by atoms with E-state index < -0.39 is 22.3 Å². The van der Waals surface area contributed by atoms with E-state index in [9.17, 15) is 18.0 Å². The summed E-state index contributed by atoms with van der Waals surface area (Å²) in [6.07, 6.45) is -3.93. The van der Waals surface area contributed by atoms with Gasteiger partial charge in [0.25, 0.3) is 5.56 Å². The van der Waals surface area contributed by atoms with Crippen molar-refractivity contribution >= 4 is 11.6 Å². The van der Waals surface area contributed by atoms with E-state index in [0.29, 0.717) is 18.1 Å². The molecule has 0 radical (unpaired) electrons. The molecule has 0 saturated heterocycles. The number of hydrogen-bond acceptors (Lipinski definition) is 4. The third-order valence-corrected chi connectivity index (χ3v) is 3.08. The van der Waals surface area contributed by atoms with Gasteiger partial charge in [-0.1, -0.05) is 37.5 Å². The number of alkyl halides is 3. The van der Waals surface area contributed by atoms with Gasteiger partial charge in [-0.05, 0) is 6.07 Å². The summed E-state index contributed by atoms with van der Waals surface area (Å²) in [7, 11) is 0.